The molecule has 5 rings (SSSR count). The number of carbonyl (C=O) groups excluding carboxylic acids is 1. The molecule has 16 heteroatoms. The van der Waals surface area contributed by atoms with Crippen LogP contribution in [0.1, 0.15) is 51.2 Å². The second-order valence-corrected chi connectivity index (χ2v) is 11.7. The van der Waals surface area contributed by atoms with E-state index < -0.39 is 53.1 Å². The van der Waals surface area contributed by atoms with E-state index in [1.54, 1.807) is 30.5 Å². The quantitative estimate of drug-likeness (QED) is 0.356. The van der Waals surface area contributed by atoms with Gasteiger partial charge in [0.15, 0.2) is 23.5 Å². The SMILES string of the molecule is CC1(C)O[C@@H]2[C@H](O1)[C@@H](COS(=O)(=O)NC(=O)c1ccccc1Cl)O[C@H]2n1cnc2c(N)ncnc21.CCN(CC)CC. The zero-order chi connectivity index (χ0) is 30.7. The van der Waals surface area contributed by atoms with E-state index in [1.807, 2.05) is 4.72 Å². The summed E-state index contributed by atoms with van der Waals surface area (Å²) in [5, 5.41) is 0.0979. The molecule has 230 valence electrons. The van der Waals surface area contributed by atoms with Gasteiger partial charge in [-0.1, -0.05) is 44.5 Å². The van der Waals surface area contributed by atoms with Crippen molar-refractivity contribution < 1.29 is 31.6 Å². The van der Waals surface area contributed by atoms with Crippen LogP contribution in [-0.4, -0.2) is 89.1 Å². The van der Waals surface area contributed by atoms with Crippen molar-refractivity contribution in [1.29, 1.82) is 0 Å². The van der Waals surface area contributed by atoms with Crippen LogP contribution in [0.15, 0.2) is 36.9 Å². The number of carbonyl (C=O) groups is 1. The number of fused-ring (bicyclic) bond motifs is 2. The number of rotatable bonds is 9. The van der Waals surface area contributed by atoms with Gasteiger partial charge in [-0.2, -0.15) is 8.42 Å². The largest absolute Gasteiger partial charge is 0.382 e. The molecular weight excluding hydrogens is 590 g/mol. The number of nitrogen functional groups attached to an aromatic ring is 1. The fraction of sp³-hybridized carbons (Fsp3) is 0.538. The Morgan fingerprint density at radius 1 is 1.12 bits per heavy atom. The van der Waals surface area contributed by atoms with Crippen LogP contribution in [0.5, 0.6) is 0 Å². The third-order valence-electron chi connectivity index (χ3n) is 6.85. The molecule has 4 atom stereocenters. The van der Waals surface area contributed by atoms with E-state index in [9.17, 15) is 13.2 Å². The van der Waals surface area contributed by atoms with Gasteiger partial charge in [0.25, 0.3) is 5.91 Å². The van der Waals surface area contributed by atoms with Crippen LogP contribution in [0.4, 0.5) is 5.82 Å². The second kappa shape index (κ2) is 13.2. The highest BCUT2D eigenvalue weighted by Gasteiger charge is 2.56. The first-order valence-corrected chi connectivity index (χ1v) is 15.3. The van der Waals surface area contributed by atoms with Gasteiger partial charge < -0.3 is 24.8 Å². The van der Waals surface area contributed by atoms with Crippen molar-refractivity contribution >= 4 is 44.8 Å². The monoisotopic (exact) mass is 625 g/mol. The first-order chi connectivity index (χ1) is 19.9. The van der Waals surface area contributed by atoms with Gasteiger partial charge in [0, 0.05) is 0 Å². The van der Waals surface area contributed by atoms with Gasteiger partial charge in [-0.25, -0.2) is 19.7 Å². The number of hydrogen-bond acceptors (Lipinski definition) is 12. The minimum absolute atomic E-state index is 0.0129. The number of halogens is 1. The summed E-state index contributed by atoms with van der Waals surface area (Å²) in [5.74, 6) is -1.69. The van der Waals surface area contributed by atoms with E-state index in [0.717, 1.165) is 0 Å². The Hall–Kier alpha value is -2.92. The van der Waals surface area contributed by atoms with Gasteiger partial charge in [-0.15, -0.1) is 0 Å². The van der Waals surface area contributed by atoms with Crippen LogP contribution in [0.2, 0.25) is 5.02 Å². The predicted octanol–water partition coefficient (Wildman–Crippen LogP) is 2.52. The van der Waals surface area contributed by atoms with Crippen LogP contribution < -0.4 is 10.5 Å². The van der Waals surface area contributed by atoms with Crippen LogP contribution in [-0.2, 0) is 28.7 Å². The predicted molar refractivity (Wildman–Crippen MR) is 155 cm³/mol. The van der Waals surface area contributed by atoms with Crippen LogP contribution in [0.25, 0.3) is 11.2 Å². The number of benzene rings is 1. The van der Waals surface area contributed by atoms with Crippen molar-refractivity contribution in [3.63, 3.8) is 0 Å². The zero-order valence-corrected chi connectivity index (χ0v) is 25.6. The molecule has 0 aliphatic carbocycles. The van der Waals surface area contributed by atoms with E-state index in [-0.39, 0.29) is 16.4 Å². The lowest BCUT2D eigenvalue weighted by Gasteiger charge is -2.24. The molecule has 2 saturated heterocycles. The molecule has 0 saturated carbocycles. The van der Waals surface area contributed by atoms with Gasteiger partial charge in [0.2, 0.25) is 0 Å². The Labute approximate surface area is 249 Å². The van der Waals surface area contributed by atoms with E-state index in [2.05, 4.69) is 40.6 Å². The third kappa shape index (κ3) is 7.16. The number of nitrogens with two attached hydrogens (primary N) is 1. The molecule has 0 radical (unpaired) electrons. The Morgan fingerprint density at radius 3 is 2.43 bits per heavy atom. The molecule has 0 bridgehead atoms. The van der Waals surface area contributed by atoms with Crippen molar-refractivity contribution in [3.05, 3.63) is 47.5 Å². The molecule has 14 nitrogen and oxygen atoms in total. The molecule has 3 aromatic rings. The van der Waals surface area contributed by atoms with Crippen molar-refractivity contribution in [2.45, 2.75) is 64.9 Å². The lowest BCUT2D eigenvalue weighted by Crippen LogP contribution is -2.37. The Morgan fingerprint density at radius 2 is 1.79 bits per heavy atom. The van der Waals surface area contributed by atoms with Crippen LogP contribution in [0, 0.1) is 0 Å². The normalized spacial score (nSPS) is 23.0. The van der Waals surface area contributed by atoms with E-state index in [1.165, 1.54) is 44.4 Å². The molecule has 4 heterocycles. The first kappa shape index (κ1) is 32.0. The molecule has 2 aromatic heterocycles. The number of aromatic nitrogens is 4. The number of imidazole rings is 1. The number of ether oxygens (including phenoxy) is 3. The lowest BCUT2D eigenvalue weighted by atomic mass is 10.1. The summed E-state index contributed by atoms with van der Waals surface area (Å²) in [6, 6.07) is 6.02. The highest BCUT2D eigenvalue weighted by Crippen LogP contribution is 2.44. The summed E-state index contributed by atoms with van der Waals surface area (Å²) in [4.78, 5) is 27.1. The van der Waals surface area contributed by atoms with E-state index in [0.29, 0.717) is 11.2 Å². The molecular formula is C26H36ClN7O7S. The Balaban J connectivity index is 0.000000517. The maximum Gasteiger partial charge on any atom is 0.362 e. The smallest absolute Gasteiger partial charge is 0.362 e. The molecule has 1 amide bonds. The molecule has 0 spiro atoms. The molecule has 3 N–H and O–H groups in total. The lowest BCUT2D eigenvalue weighted by molar-refractivity contribution is -0.198. The van der Waals surface area contributed by atoms with Crippen molar-refractivity contribution in [2.75, 3.05) is 32.0 Å². The molecule has 2 aliphatic rings. The average Bonchev–Trinajstić information content (AvgIpc) is 3.60. The van der Waals surface area contributed by atoms with Gasteiger partial charge in [-0.05, 0) is 45.6 Å². The molecule has 42 heavy (non-hydrogen) atoms. The van der Waals surface area contributed by atoms with Crippen LogP contribution in [0.3, 0.4) is 0 Å². The van der Waals surface area contributed by atoms with Crippen molar-refractivity contribution in [3.8, 4) is 0 Å². The van der Waals surface area contributed by atoms with Crippen LogP contribution >= 0.6 is 11.6 Å². The summed E-state index contributed by atoms with van der Waals surface area (Å²) in [7, 11) is -4.49. The Bertz CT molecular complexity index is 1490. The number of amides is 1. The van der Waals surface area contributed by atoms with Crippen molar-refractivity contribution in [1.82, 2.24) is 29.1 Å². The summed E-state index contributed by atoms with van der Waals surface area (Å²) >= 11 is 5.96. The minimum Gasteiger partial charge on any atom is -0.382 e. The van der Waals surface area contributed by atoms with E-state index in [4.69, 9.17) is 35.7 Å². The number of nitrogens with one attached hydrogen (secondary N) is 1. The highest BCUT2D eigenvalue weighted by atomic mass is 35.5. The topological polar surface area (TPSA) is 173 Å². The summed E-state index contributed by atoms with van der Waals surface area (Å²) < 4.78 is 51.5. The third-order valence-corrected chi connectivity index (χ3v) is 8.06. The van der Waals surface area contributed by atoms with Gasteiger partial charge in [0.1, 0.15) is 30.2 Å². The zero-order valence-electron chi connectivity index (χ0n) is 24.1. The summed E-state index contributed by atoms with van der Waals surface area (Å²) in [5.41, 5.74) is 6.66. The number of nitrogens with zero attached hydrogens (tertiary/aromatic N) is 5. The Kier molecular flexibility index (Phi) is 10.0. The average molecular weight is 626 g/mol. The summed E-state index contributed by atoms with van der Waals surface area (Å²) in [6.45, 7) is 13.1. The fourth-order valence-electron chi connectivity index (χ4n) is 4.74. The highest BCUT2D eigenvalue weighted by molar-refractivity contribution is 7.85. The van der Waals surface area contributed by atoms with Gasteiger partial charge in [-0.3, -0.25) is 13.5 Å². The molecule has 1 aromatic carbocycles. The van der Waals surface area contributed by atoms with Crippen molar-refractivity contribution in [2.24, 2.45) is 0 Å². The molecule has 2 fully saturated rings. The minimum atomic E-state index is -4.49. The second-order valence-electron chi connectivity index (χ2n) is 9.98. The van der Waals surface area contributed by atoms with Gasteiger partial charge >= 0.3 is 10.3 Å². The fourth-order valence-corrected chi connectivity index (χ4v) is 5.68. The van der Waals surface area contributed by atoms with Gasteiger partial charge in [0.05, 0.1) is 23.5 Å². The van der Waals surface area contributed by atoms with E-state index >= 15 is 0 Å². The maximum absolute atomic E-state index is 12.5. The standard InChI is InChI=1S/C20H21ClN6O7S.C6H15N/c1-20(2)33-14-12(7-31-35(29,30)26-18(28)10-5-3-4-6-11(10)21)32-19(15(14)34-20)27-9-25-13-16(22)23-8-24-17(13)27;1-4-7(5-2)6-3/h3-6,8-9,12,14-15,19H,7H2,1-2H3,(H,26,28)(H2,22,23,24);4-6H2,1-3H3/t12-,14-,15-,19-;/m1./s1. The molecule has 2 aliphatic heterocycles. The molecule has 0 unspecified atom stereocenters. The number of hydrogen-bond donors (Lipinski definition) is 2. The maximum atomic E-state index is 12.5. The summed E-state index contributed by atoms with van der Waals surface area (Å²) in [6.07, 6.45) is -0.164. The first-order valence-electron chi connectivity index (χ1n) is 13.5. The number of anilines is 1.